The summed E-state index contributed by atoms with van der Waals surface area (Å²) >= 11 is 1.97. The Morgan fingerprint density at radius 2 is 2.25 bits per heavy atom. The highest BCUT2D eigenvalue weighted by Crippen LogP contribution is 2.31. The van der Waals surface area contributed by atoms with Crippen molar-refractivity contribution >= 4 is 17.7 Å². The summed E-state index contributed by atoms with van der Waals surface area (Å²) in [6.07, 6.45) is 3.68. The fraction of sp³-hybridized carbons (Fsp3) is 0.875. The van der Waals surface area contributed by atoms with Crippen LogP contribution in [0.5, 0.6) is 0 Å². The molecule has 0 aromatic carbocycles. The number of hydrogen-bond donors (Lipinski definition) is 2. The molecule has 70 valence electrons. The van der Waals surface area contributed by atoms with Gasteiger partial charge < -0.3 is 11.5 Å². The summed E-state index contributed by atoms with van der Waals surface area (Å²) in [5.74, 6) is 1.39. The third-order valence-corrected chi connectivity index (χ3v) is 3.42. The van der Waals surface area contributed by atoms with Crippen molar-refractivity contribution in [3.8, 4) is 0 Å². The maximum atomic E-state index is 5.35. The van der Waals surface area contributed by atoms with E-state index in [1.165, 1.54) is 12.8 Å². The lowest BCUT2D eigenvalue weighted by molar-refractivity contribution is 0.716. The highest BCUT2D eigenvalue weighted by Gasteiger charge is 2.26. The van der Waals surface area contributed by atoms with Crippen LogP contribution in [0.25, 0.3) is 0 Å². The third-order valence-electron chi connectivity index (χ3n) is 2.11. The van der Waals surface area contributed by atoms with Crippen LogP contribution in [0.15, 0.2) is 4.99 Å². The highest BCUT2D eigenvalue weighted by molar-refractivity contribution is 7.99. The molecule has 1 saturated carbocycles. The molecule has 4 N–H and O–H groups in total. The first-order chi connectivity index (χ1) is 5.74. The van der Waals surface area contributed by atoms with Crippen LogP contribution >= 0.6 is 11.8 Å². The zero-order valence-corrected chi connectivity index (χ0v) is 8.31. The van der Waals surface area contributed by atoms with Gasteiger partial charge in [-0.2, -0.15) is 11.8 Å². The molecule has 12 heavy (non-hydrogen) atoms. The molecule has 1 rings (SSSR count). The molecule has 0 heterocycles. The minimum Gasteiger partial charge on any atom is -0.370 e. The van der Waals surface area contributed by atoms with Crippen LogP contribution in [-0.4, -0.2) is 23.0 Å². The van der Waals surface area contributed by atoms with E-state index in [1.54, 1.807) is 0 Å². The zero-order valence-electron chi connectivity index (χ0n) is 7.49. The van der Waals surface area contributed by atoms with Crippen molar-refractivity contribution in [1.29, 1.82) is 0 Å². The van der Waals surface area contributed by atoms with Crippen molar-refractivity contribution in [2.24, 2.45) is 16.5 Å². The number of rotatable bonds is 3. The number of guanidine groups is 1. The Kier molecular flexibility index (Phi) is 3.72. The lowest BCUT2D eigenvalue weighted by atomic mass is 10.3. The second-order valence-electron chi connectivity index (χ2n) is 3.05. The standard InChI is InChI=1S/C8H17N3S/c1-2-12-7-5-3-4-6(7)11-8(9)10/h6-7H,2-5H2,1H3,(H4,9,10,11). The first-order valence-electron chi connectivity index (χ1n) is 4.44. The summed E-state index contributed by atoms with van der Waals surface area (Å²) in [6, 6.07) is 0.375. The molecule has 0 aliphatic heterocycles. The van der Waals surface area contributed by atoms with Gasteiger partial charge in [0.15, 0.2) is 5.96 Å². The van der Waals surface area contributed by atoms with Gasteiger partial charge in [-0.1, -0.05) is 13.3 Å². The monoisotopic (exact) mass is 187 g/mol. The fourth-order valence-corrected chi connectivity index (χ4v) is 2.83. The SMILES string of the molecule is CCSC1CCCC1N=C(N)N. The second kappa shape index (κ2) is 4.60. The van der Waals surface area contributed by atoms with Gasteiger partial charge in [0.05, 0.1) is 6.04 Å². The van der Waals surface area contributed by atoms with Crippen molar-refractivity contribution in [3.05, 3.63) is 0 Å². The molecule has 3 nitrogen and oxygen atoms in total. The minimum absolute atomic E-state index is 0.239. The maximum absolute atomic E-state index is 5.35. The average molecular weight is 187 g/mol. The summed E-state index contributed by atoms with van der Waals surface area (Å²) in [6.45, 7) is 2.18. The molecule has 2 atom stereocenters. The van der Waals surface area contributed by atoms with Gasteiger partial charge in [0.25, 0.3) is 0 Å². The Balaban J connectivity index is 2.46. The lowest BCUT2D eigenvalue weighted by Crippen LogP contribution is -2.27. The maximum Gasteiger partial charge on any atom is 0.186 e. The molecule has 0 bridgehead atoms. The molecule has 1 fully saturated rings. The van der Waals surface area contributed by atoms with Gasteiger partial charge in [0.1, 0.15) is 0 Å². The van der Waals surface area contributed by atoms with Crippen molar-refractivity contribution in [1.82, 2.24) is 0 Å². The van der Waals surface area contributed by atoms with Gasteiger partial charge in [0.2, 0.25) is 0 Å². The molecule has 2 unspecified atom stereocenters. The van der Waals surface area contributed by atoms with E-state index < -0.39 is 0 Å². The van der Waals surface area contributed by atoms with E-state index in [0.717, 1.165) is 12.2 Å². The fourth-order valence-electron chi connectivity index (χ4n) is 1.65. The topological polar surface area (TPSA) is 64.4 Å². The van der Waals surface area contributed by atoms with Crippen LogP contribution in [0.2, 0.25) is 0 Å². The molecule has 0 radical (unpaired) electrons. The largest absolute Gasteiger partial charge is 0.370 e. The van der Waals surface area contributed by atoms with E-state index in [-0.39, 0.29) is 5.96 Å². The first kappa shape index (κ1) is 9.71. The Morgan fingerprint density at radius 1 is 1.50 bits per heavy atom. The van der Waals surface area contributed by atoms with E-state index in [0.29, 0.717) is 11.3 Å². The lowest BCUT2D eigenvalue weighted by Gasteiger charge is -2.13. The highest BCUT2D eigenvalue weighted by atomic mass is 32.2. The van der Waals surface area contributed by atoms with Crippen molar-refractivity contribution in [2.45, 2.75) is 37.5 Å². The Bertz CT molecular complexity index is 166. The third kappa shape index (κ3) is 2.59. The van der Waals surface area contributed by atoms with Crippen LogP contribution in [-0.2, 0) is 0 Å². The van der Waals surface area contributed by atoms with Gasteiger partial charge in [-0.15, -0.1) is 0 Å². The van der Waals surface area contributed by atoms with Gasteiger partial charge >= 0.3 is 0 Å². The number of nitrogens with two attached hydrogens (primary N) is 2. The number of aliphatic imine (C=N–C) groups is 1. The molecule has 0 spiro atoms. The van der Waals surface area contributed by atoms with Crippen molar-refractivity contribution < 1.29 is 0 Å². The molecule has 0 aromatic rings. The number of hydrogen-bond acceptors (Lipinski definition) is 2. The summed E-state index contributed by atoms with van der Waals surface area (Å²) in [5.41, 5.74) is 10.7. The molecular formula is C8H17N3S. The number of thioether (sulfide) groups is 1. The molecule has 0 saturated heterocycles. The van der Waals surface area contributed by atoms with Crippen LogP contribution < -0.4 is 11.5 Å². The van der Waals surface area contributed by atoms with E-state index in [1.807, 2.05) is 11.8 Å². The van der Waals surface area contributed by atoms with Crippen LogP contribution in [0, 0.1) is 0 Å². The van der Waals surface area contributed by atoms with Gasteiger partial charge in [-0.05, 0) is 18.6 Å². The molecule has 4 heteroatoms. The van der Waals surface area contributed by atoms with E-state index in [4.69, 9.17) is 11.5 Å². The Labute approximate surface area is 78.0 Å². The molecule has 0 amide bonds. The average Bonchev–Trinajstić information content (AvgIpc) is 2.37. The predicted octanol–water partition coefficient (Wildman–Crippen LogP) is 0.934. The van der Waals surface area contributed by atoms with E-state index in [9.17, 15) is 0 Å². The van der Waals surface area contributed by atoms with Crippen LogP contribution in [0.1, 0.15) is 26.2 Å². The summed E-state index contributed by atoms with van der Waals surface area (Å²) in [5, 5.41) is 0.650. The quantitative estimate of drug-likeness (QED) is 0.510. The summed E-state index contributed by atoms with van der Waals surface area (Å²) in [7, 11) is 0. The smallest absolute Gasteiger partial charge is 0.186 e. The zero-order chi connectivity index (χ0) is 8.97. The Morgan fingerprint density at radius 3 is 2.83 bits per heavy atom. The summed E-state index contributed by atoms with van der Waals surface area (Å²) in [4.78, 5) is 4.23. The second-order valence-corrected chi connectivity index (χ2v) is 4.56. The number of nitrogens with zero attached hydrogens (tertiary/aromatic N) is 1. The minimum atomic E-state index is 0.239. The normalized spacial score (nSPS) is 28.8. The summed E-state index contributed by atoms with van der Waals surface area (Å²) < 4.78 is 0. The molecular weight excluding hydrogens is 170 g/mol. The van der Waals surface area contributed by atoms with Crippen molar-refractivity contribution in [3.63, 3.8) is 0 Å². The van der Waals surface area contributed by atoms with Crippen LogP contribution in [0.3, 0.4) is 0 Å². The van der Waals surface area contributed by atoms with E-state index >= 15 is 0 Å². The van der Waals surface area contributed by atoms with Gasteiger partial charge in [-0.3, -0.25) is 0 Å². The van der Waals surface area contributed by atoms with Gasteiger partial charge in [-0.25, -0.2) is 4.99 Å². The molecule has 1 aliphatic rings. The van der Waals surface area contributed by atoms with Crippen LogP contribution in [0.4, 0.5) is 0 Å². The van der Waals surface area contributed by atoms with E-state index in [2.05, 4.69) is 11.9 Å². The molecule has 0 aromatic heterocycles. The van der Waals surface area contributed by atoms with Gasteiger partial charge in [0, 0.05) is 5.25 Å². The predicted molar refractivity (Wildman–Crippen MR) is 55.4 cm³/mol. The first-order valence-corrected chi connectivity index (χ1v) is 5.49. The molecule has 1 aliphatic carbocycles. The Hall–Kier alpha value is -0.380. The van der Waals surface area contributed by atoms with Crippen molar-refractivity contribution in [2.75, 3.05) is 5.75 Å².